The second-order valence-corrected chi connectivity index (χ2v) is 6.36. The van der Waals surface area contributed by atoms with Crippen molar-refractivity contribution < 1.29 is 4.79 Å². The van der Waals surface area contributed by atoms with Crippen LogP contribution in [0, 0.1) is 0 Å². The zero-order chi connectivity index (χ0) is 13.5. The van der Waals surface area contributed by atoms with Crippen molar-refractivity contribution in [3.63, 3.8) is 0 Å². The predicted octanol–water partition coefficient (Wildman–Crippen LogP) is 2.64. The summed E-state index contributed by atoms with van der Waals surface area (Å²) in [4.78, 5) is 17.8. The van der Waals surface area contributed by atoms with Gasteiger partial charge in [-0.15, -0.1) is 11.3 Å². The van der Waals surface area contributed by atoms with Gasteiger partial charge in [0.25, 0.3) is 5.91 Å². The van der Waals surface area contributed by atoms with Gasteiger partial charge in [0.15, 0.2) is 0 Å². The van der Waals surface area contributed by atoms with Crippen LogP contribution in [0.25, 0.3) is 0 Å². The lowest BCUT2D eigenvalue weighted by Gasteiger charge is -2.39. The number of piperazine rings is 1. The molecular weight excluding hydrogens is 268 g/mol. The molecule has 1 aromatic heterocycles. The van der Waals surface area contributed by atoms with E-state index in [1.807, 2.05) is 22.4 Å². The quantitative estimate of drug-likeness (QED) is 0.804. The highest BCUT2D eigenvalue weighted by Crippen LogP contribution is 2.34. The molecule has 0 aliphatic carbocycles. The number of fused-ring (bicyclic) bond motifs is 3. The van der Waals surface area contributed by atoms with Crippen molar-refractivity contribution in [3.05, 3.63) is 52.2 Å². The van der Waals surface area contributed by atoms with Crippen molar-refractivity contribution in [1.82, 2.24) is 4.90 Å². The van der Waals surface area contributed by atoms with E-state index in [1.165, 1.54) is 22.6 Å². The number of rotatable bonds is 1. The Labute approximate surface area is 122 Å². The summed E-state index contributed by atoms with van der Waals surface area (Å²) in [7, 11) is 0. The maximum absolute atomic E-state index is 12.4. The monoisotopic (exact) mass is 284 g/mol. The molecule has 0 spiro atoms. The van der Waals surface area contributed by atoms with Gasteiger partial charge in [0.05, 0.1) is 10.9 Å². The van der Waals surface area contributed by atoms with Crippen LogP contribution in [0.15, 0.2) is 41.8 Å². The Morgan fingerprint density at radius 2 is 2.05 bits per heavy atom. The van der Waals surface area contributed by atoms with E-state index in [2.05, 4.69) is 29.2 Å². The summed E-state index contributed by atoms with van der Waals surface area (Å²) in [5.41, 5.74) is 2.78. The number of anilines is 1. The lowest BCUT2D eigenvalue weighted by molar-refractivity contribution is 0.0730. The Bertz CT molecular complexity index is 638. The van der Waals surface area contributed by atoms with Crippen molar-refractivity contribution in [2.24, 2.45) is 0 Å². The van der Waals surface area contributed by atoms with E-state index in [-0.39, 0.29) is 5.91 Å². The van der Waals surface area contributed by atoms with E-state index in [0.29, 0.717) is 6.04 Å². The summed E-state index contributed by atoms with van der Waals surface area (Å²) in [6.07, 6.45) is 1.06. The molecule has 0 bridgehead atoms. The van der Waals surface area contributed by atoms with Crippen LogP contribution in [-0.4, -0.2) is 36.5 Å². The number of nitrogens with zero attached hydrogens (tertiary/aromatic N) is 2. The number of hydrogen-bond acceptors (Lipinski definition) is 3. The molecule has 2 aliphatic rings. The highest BCUT2D eigenvalue weighted by molar-refractivity contribution is 7.12. The van der Waals surface area contributed by atoms with Crippen molar-refractivity contribution in [3.8, 4) is 0 Å². The molecule has 2 aromatic rings. The van der Waals surface area contributed by atoms with E-state index in [0.717, 1.165) is 30.9 Å². The number of carbonyl (C=O) groups excluding carboxylic acids is 1. The van der Waals surface area contributed by atoms with E-state index in [4.69, 9.17) is 0 Å². The Kier molecular flexibility index (Phi) is 2.77. The molecule has 1 unspecified atom stereocenters. The molecule has 1 aromatic carbocycles. The van der Waals surface area contributed by atoms with Crippen LogP contribution < -0.4 is 4.90 Å². The highest BCUT2D eigenvalue weighted by atomic mass is 32.1. The first-order valence-corrected chi connectivity index (χ1v) is 7.88. The lowest BCUT2D eigenvalue weighted by atomic mass is 10.1. The molecule has 0 N–H and O–H groups in total. The first-order chi connectivity index (χ1) is 9.83. The fraction of sp³-hybridized carbons (Fsp3) is 0.312. The Balaban J connectivity index is 1.54. The molecule has 1 atom stereocenters. The SMILES string of the molecule is O=C(c1cccs1)N1CCN2c3ccccc3CC2C1. The van der Waals surface area contributed by atoms with Crippen molar-refractivity contribution in [2.75, 3.05) is 24.5 Å². The molecular formula is C16H16N2OS. The van der Waals surface area contributed by atoms with Gasteiger partial charge in [0.1, 0.15) is 0 Å². The predicted molar refractivity (Wildman–Crippen MR) is 81.5 cm³/mol. The summed E-state index contributed by atoms with van der Waals surface area (Å²) < 4.78 is 0. The zero-order valence-corrected chi connectivity index (χ0v) is 12.0. The molecule has 4 rings (SSSR count). The minimum absolute atomic E-state index is 0.190. The van der Waals surface area contributed by atoms with Crippen LogP contribution in [0.5, 0.6) is 0 Å². The fourth-order valence-corrected chi connectivity index (χ4v) is 4.00. The van der Waals surface area contributed by atoms with Crippen LogP contribution in [0.3, 0.4) is 0 Å². The van der Waals surface area contributed by atoms with Gasteiger partial charge in [0, 0.05) is 25.3 Å². The van der Waals surface area contributed by atoms with Gasteiger partial charge < -0.3 is 9.80 Å². The van der Waals surface area contributed by atoms with Gasteiger partial charge in [-0.1, -0.05) is 24.3 Å². The summed E-state index contributed by atoms with van der Waals surface area (Å²) in [5.74, 6) is 0.190. The molecule has 1 saturated heterocycles. The summed E-state index contributed by atoms with van der Waals surface area (Å²) in [6.45, 7) is 2.60. The van der Waals surface area contributed by atoms with Crippen molar-refractivity contribution >= 4 is 22.9 Å². The van der Waals surface area contributed by atoms with Gasteiger partial charge in [-0.2, -0.15) is 0 Å². The standard InChI is InChI=1S/C16H16N2OS/c19-16(15-6-3-9-20-15)17-7-8-18-13(11-17)10-12-4-1-2-5-14(12)18/h1-6,9,13H,7-8,10-11H2. The summed E-state index contributed by atoms with van der Waals surface area (Å²) in [5, 5.41) is 1.97. The fourth-order valence-electron chi connectivity index (χ4n) is 3.31. The normalized spacial score (nSPS) is 20.7. The van der Waals surface area contributed by atoms with Gasteiger partial charge in [-0.25, -0.2) is 0 Å². The van der Waals surface area contributed by atoms with Crippen molar-refractivity contribution in [1.29, 1.82) is 0 Å². The summed E-state index contributed by atoms with van der Waals surface area (Å²) in [6, 6.07) is 12.9. The van der Waals surface area contributed by atoms with Gasteiger partial charge >= 0.3 is 0 Å². The molecule has 3 nitrogen and oxygen atoms in total. The molecule has 0 saturated carbocycles. The molecule has 0 radical (unpaired) electrons. The molecule has 1 amide bonds. The number of para-hydroxylation sites is 1. The Morgan fingerprint density at radius 3 is 2.90 bits per heavy atom. The maximum Gasteiger partial charge on any atom is 0.264 e. The van der Waals surface area contributed by atoms with Gasteiger partial charge in [0.2, 0.25) is 0 Å². The number of carbonyl (C=O) groups is 1. The minimum atomic E-state index is 0.190. The van der Waals surface area contributed by atoms with Gasteiger partial charge in [-0.3, -0.25) is 4.79 Å². The average Bonchev–Trinajstić information content (AvgIpc) is 3.13. The second kappa shape index (κ2) is 4.63. The van der Waals surface area contributed by atoms with Crippen LogP contribution >= 0.6 is 11.3 Å². The third-order valence-electron chi connectivity index (χ3n) is 4.26. The Hall–Kier alpha value is -1.81. The topological polar surface area (TPSA) is 23.6 Å². The second-order valence-electron chi connectivity index (χ2n) is 5.41. The van der Waals surface area contributed by atoms with Crippen LogP contribution in [0.2, 0.25) is 0 Å². The van der Waals surface area contributed by atoms with Crippen molar-refractivity contribution in [2.45, 2.75) is 12.5 Å². The van der Waals surface area contributed by atoms with E-state index in [9.17, 15) is 4.79 Å². The molecule has 102 valence electrons. The largest absolute Gasteiger partial charge is 0.364 e. The first-order valence-electron chi connectivity index (χ1n) is 7.00. The molecule has 4 heteroatoms. The number of thiophene rings is 1. The van der Waals surface area contributed by atoms with Crippen LogP contribution in [-0.2, 0) is 6.42 Å². The van der Waals surface area contributed by atoms with E-state index < -0.39 is 0 Å². The maximum atomic E-state index is 12.4. The number of hydrogen-bond donors (Lipinski definition) is 0. The van der Waals surface area contributed by atoms with Crippen LogP contribution in [0.1, 0.15) is 15.2 Å². The highest BCUT2D eigenvalue weighted by Gasteiger charge is 2.35. The summed E-state index contributed by atoms with van der Waals surface area (Å²) >= 11 is 1.53. The minimum Gasteiger partial charge on any atom is -0.364 e. The first kappa shape index (κ1) is 12.0. The van der Waals surface area contributed by atoms with Crippen LogP contribution in [0.4, 0.5) is 5.69 Å². The van der Waals surface area contributed by atoms with E-state index in [1.54, 1.807) is 0 Å². The molecule has 2 aliphatic heterocycles. The smallest absolute Gasteiger partial charge is 0.264 e. The molecule has 1 fully saturated rings. The lowest BCUT2D eigenvalue weighted by Crippen LogP contribution is -2.53. The zero-order valence-electron chi connectivity index (χ0n) is 11.2. The van der Waals surface area contributed by atoms with E-state index >= 15 is 0 Å². The average molecular weight is 284 g/mol. The third kappa shape index (κ3) is 1.83. The number of amides is 1. The Morgan fingerprint density at radius 1 is 1.15 bits per heavy atom. The molecule has 3 heterocycles. The third-order valence-corrected chi connectivity index (χ3v) is 5.12. The van der Waals surface area contributed by atoms with Gasteiger partial charge in [-0.05, 0) is 29.5 Å². The number of benzene rings is 1. The molecule has 20 heavy (non-hydrogen) atoms.